The van der Waals surface area contributed by atoms with Crippen molar-refractivity contribution in [1.29, 1.82) is 0 Å². The number of benzene rings is 1. The molecule has 0 saturated heterocycles. The summed E-state index contributed by atoms with van der Waals surface area (Å²) in [5.74, 6) is 0.859. The molecular weight excluding hydrogens is 258 g/mol. The quantitative estimate of drug-likeness (QED) is 0.616. The van der Waals surface area contributed by atoms with Crippen LogP contribution in [0.2, 0.25) is 0 Å². The third kappa shape index (κ3) is 4.89. The molecule has 0 aliphatic rings. The molecule has 112 valence electrons. The van der Waals surface area contributed by atoms with Gasteiger partial charge in [0.1, 0.15) is 5.75 Å². The fraction of sp³-hybridized carbons (Fsp3) is 0.421. The number of aryl methyl sites for hydroxylation is 1. The third-order valence-corrected chi connectivity index (χ3v) is 3.54. The van der Waals surface area contributed by atoms with Crippen molar-refractivity contribution in [3.8, 4) is 17.0 Å². The maximum Gasteiger partial charge on any atom is 0.137 e. The second kappa shape index (κ2) is 8.46. The molecule has 0 N–H and O–H groups in total. The second-order valence-corrected chi connectivity index (χ2v) is 5.38. The number of unbranched alkanes of at least 4 members (excludes halogenated alkanes) is 2. The Morgan fingerprint density at radius 2 is 1.71 bits per heavy atom. The average molecular weight is 283 g/mol. The normalized spacial score (nSPS) is 10.6. The number of hydrogen-bond acceptors (Lipinski definition) is 2. The Bertz CT molecular complexity index is 516. The van der Waals surface area contributed by atoms with Gasteiger partial charge in [0, 0.05) is 5.56 Å². The Labute approximate surface area is 128 Å². The van der Waals surface area contributed by atoms with Crippen LogP contribution in [-0.4, -0.2) is 11.6 Å². The molecule has 0 aliphatic carbocycles. The highest BCUT2D eigenvalue weighted by molar-refractivity contribution is 5.59. The predicted octanol–water partition coefficient (Wildman–Crippen LogP) is 5.27. The van der Waals surface area contributed by atoms with Crippen molar-refractivity contribution in [3.05, 3.63) is 48.2 Å². The molecule has 1 heterocycles. The van der Waals surface area contributed by atoms with Gasteiger partial charge in [-0.1, -0.05) is 57.4 Å². The molecule has 0 aliphatic heterocycles. The topological polar surface area (TPSA) is 22.1 Å². The summed E-state index contributed by atoms with van der Waals surface area (Å²) in [5, 5.41) is 0. The number of pyridine rings is 1. The zero-order chi connectivity index (χ0) is 14.9. The molecule has 0 saturated carbocycles. The van der Waals surface area contributed by atoms with Gasteiger partial charge in [0.25, 0.3) is 0 Å². The minimum atomic E-state index is 0.778. The summed E-state index contributed by atoms with van der Waals surface area (Å²) < 4.78 is 5.69. The number of rotatable bonds is 8. The van der Waals surface area contributed by atoms with Crippen LogP contribution in [0.3, 0.4) is 0 Å². The maximum absolute atomic E-state index is 5.69. The van der Waals surface area contributed by atoms with E-state index in [4.69, 9.17) is 4.74 Å². The van der Waals surface area contributed by atoms with E-state index in [2.05, 4.69) is 43.1 Å². The monoisotopic (exact) mass is 283 g/mol. The highest BCUT2D eigenvalue weighted by Gasteiger charge is 2.01. The fourth-order valence-corrected chi connectivity index (χ4v) is 2.31. The zero-order valence-electron chi connectivity index (χ0n) is 13.1. The molecular formula is C19H25NO. The summed E-state index contributed by atoms with van der Waals surface area (Å²) in [6, 6.07) is 12.7. The van der Waals surface area contributed by atoms with E-state index in [-0.39, 0.29) is 0 Å². The van der Waals surface area contributed by atoms with E-state index in [1.807, 2.05) is 18.3 Å². The highest BCUT2D eigenvalue weighted by Crippen LogP contribution is 2.20. The molecule has 0 amide bonds. The summed E-state index contributed by atoms with van der Waals surface area (Å²) in [6.45, 7) is 5.18. The molecule has 0 fully saturated rings. The van der Waals surface area contributed by atoms with Crippen LogP contribution in [0.4, 0.5) is 0 Å². The van der Waals surface area contributed by atoms with E-state index < -0.39 is 0 Å². The first-order valence-electron chi connectivity index (χ1n) is 8.01. The molecule has 21 heavy (non-hydrogen) atoms. The van der Waals surface area contributed by atoms with E-state index in [1.165, 1.54) is 24.8 Å². The molecule has 0 bridgehead atoms. The standard InChI is InChI=1S/C19H25NO/c1-3-5-6-14-21-18-12-13-19(20-15-18)17-10-8-16(7-4-2)9-11-17/h8-13,15H,3-7,14H2,1-2H3. The Kier molecular flexibility index (Phi) is 6.26. The summed E-state index contributed by atoms with van der Waals surface area (Å²) in [7, 11) is 0. The first kappa shape index (κ1) is 15.6. The molecule has 0 unspecified atom stereocenters. The van der Waals surface area contributed by atoms with E-state index >= 15 is 0 Å². The first-order valence-corrected chi connectivity index (χ1v) is 8.01. The lowest BCUT2D eigenvalue weighted by Gasteiger charge is -2.07. The van der Waals surface area contributed by atoms with Gasteiger partial charge >= 0.3 is 0 Å². The SMILES string of the molecule is CCCCCOc1ccc(-c2ccc(CCC)cc2)nc1. The Morgan fingerprint density at radius 1 is 0.905 bits per heavy atom. The zero-order valence-corrected chi connectivity index (χ0v) is 13.1. The van der Waals surface area contributed by atoms with Crippen molar-refractivity contribution in [2.24, 2.45) is 0 Å². The van der Waals surface area contributed by atoms with Crippen molar-refractivity contribution in [1.82, 2.24) is 4.98 Å². The lowest BCUT2D eigenvalue weighted by molar-refractivity contribution is 0.305. The molecule has 2 heteroatoms. The van der Waals surface area contributed by atoms with E-state index in [0.717, 1.165) is 36.5 Å². The molecule has 1 aromatic heterocycles. The molecule has 2 aromatic rings. The van der Waals surface area contributed by atoms with Crippen LogP contribution in [0.25, 0.3) is 11.3 Å². The van der Waals surface area contributed by atoms with Crippen molar-refractivity contribution < 1.29 is 4.74 Å². The third-order valence-electron chi connectivity index (χ3n) is 3.54. The molecule has 1 aromatic carbocycles. The Hall–Kier alpha value is -1.83. The number of ether oxygens (including phenoxy) is 1. The molecule has 0 atom stereocenters. The van der Waals surface area contributed by atoms with Crippen LogP contribution in [-0.2, 0) is 6.42 Å². The van der Waals surface area contributed by atoms with Crippen molar-refractivity contribution in [3.63, 3.8) is 0 Å². The fourth-order valence-electron chi connectivity index (χ4n) is 2.31. The van der Waals surface area contributed by atoms with E-state index in [9.17, 15) is 0 Å². The van der Waals surface area contributed by atoms with Crippen LogP contribution in [0, 0.1) is 0 Å². The summed E-state index contributed by atoms with van der Waals surface area (Å²) >= 11 is 0. The van der Waals surface area contributed by atoms with Crippen molar-refractivity contribution >= 4 is 0 Å². The summed E-state index contributed by atoms with van der Waals surface area (Å²) in [6.07, 6.45) is 7.68. The molecule has 0 radical (unpaired) electrons. The van der Waals surface area contributed by atoms with Crippen LogP contribution >= 0.6 is 0 Å². The molecule has 0 spiro atoms. The second-order valence-electron chi connectivity index (χ2n) is 5.38. The van der Waals surface area contributed by atoms with E-state index in [0.29, 0.717) is 0 Å². The lowest BCUT2D eigenvalue weighted by Crippen LogP contribution is -1.97. The number of nitrogens with zero attached hydrogens (tertiary/aromatic N) is 1. The van der Waals surface area contributed by atoms with Gasteiger partial charge in [0.15, 0.2) is 0 Å². The smallest absolute Gasteiger partial charge is 0.137 e. The van der Waals surface area contributed by atoms with Gasteiger partial charge in [0.05, 0.1) is 18.5 Å². The lowest BCUT2D eigenvalue weighted by atomic mass is 10.1. The molecule has 2 nitrogen and oxygen atoms in total. The largest absolute Gasteiger partial charge is 0.492 e. The van der Waals surface area contributed by atoms with Crippen molar-refractivity contribution in [2.45, 2.75) is 46.0 Å². The minimum Gasteiger partial charge on any atom is -0.492 e. The highest BCUT2D eigenvalue weighted by atomic mass is 16.5. The molecule has 2 rings (SSSR count). The number of hydrogen-bond donors (Lipinski definition) is 0. The Balaban J connectivity index is 1.94. The van der Waals surface area contributed by atoms with Gasteiger partial charge in [-0.15, -0.1) is 0 Å². The summed E-state index contributed by atoms with van der Waals surface area (Å²) in [4.78, 5) is 4.50. The van der Waals surface area contributed by atoms with Crippen molar-refractivity contribution in [2.75, 3.05) is 6.61 Å². The van der Waals surface area contributed by atoms with E-state index in [1.54, 1.807) is 0 Å². The van der Waals surface area contributed by atoms with Crippen LogP contribution < -0.4 is 4.74 Å². The first-order chi connectivity index (χ1) is 10.3. The van der Waals surface area contributed by atoms with Gasteiger partial charge < -0.3 is 4.74 Å². The van der Waals surface area contributed by atoms with Gasteiger partial charge in [-0.2, -0.15) is 0 Å². The number of aromatic nitrogens is 1. The van der Waals surface area contributed by atoms with Crippen LogP contribution in [0.15, 0.2) is 42.6 Å². The van der Waals surface area contributed by atoms with Gasteiger partial charge in [-0.05, 0) is 30.5 Å². The van der Waals surface area contributed by atoms with Gasteiger partial charge in [-0.3, -0.25) is 4.98 Å². The average Bonchev–Trinajstić information content (AvgIpc) is 2.53. The van der Waals surface area contributed by atoms with Crippen LogP contribution in [0.5, 0.6) is 5.75 Å². The summed E-state index contributed by atoms with van der Waals surface area (Å²) in [5.41, 5.74) is 3.54. The predicted molar refractivity (Wildman–Crippen MR) is 88.7 cm³/mol. The van der Waals surface area contributed by atoms with Gasteiger partial charge in [0.2, 0.25) is 0 Å². The minimum absolute atomic E-state index is 0.778. The van der Waals surface area contributed by atoms with Crippen LogP contribution in [0.1, 0.15) is 45.1 Å². The van der Waals surface area contributed by atoms with Gasteiger partial charge in [-0.25, -0.2) is 0 Å². The Morgan fingerprint density at radius 3 is 2.33 bits per heavy atom. The maximum atomic E-state index is 5.69.